The third kappa shape index (κ3) is 3.50. The molecule has 1 heterocycles. The van der Waals surface area contributed by atoms with Gasteiger partial charge in [0.25, 0.3) is 0 Å². The molecule has 0 aromatic heterocycles. The lowest BCUT2D eigenvalue weighted by molar-refractivity contribution is -0.156. The number of aliphatic hydroxyl groups excluding tert-OH is 1. The van der Waals surface area contributed by atoms with E-state index in [-0.39, 0.29) is 18.8 Å². The fourth-order valence-corrected chi connectivity index (χ4v) is 2.91. The minimum absolute atomic E-state index is 0.0256. The Labute approximate surface area is 107 Å². The van der Waals surface area contributed by atoms with E-state index >= 15 is 0 Å². The van der Waals surface area contributed by atoms with Crippen LogP contribution in [0.4, 0.5) is 0 Å². The fourth-order valence-electron chi connectivity index (χ4n) is 2.14. The van der Waals surface area contributed by atoms with Crippen molar-refractivity contribution in [2.45, 2.75) is 33.0 Å². The molecule has 0 aliphatic carbocycles. The van der Waals surface area contributed by atoms with E-state index in [1.807, 2.05) is 0 Å². The van der Waals surface area contributed by atoms with Crippen LogP contribution in [0, 0.1) is 17.8 Å². The second-order valence-corrected chi connectivity index (χ2v) is 6.13. The average Bonchev–Trinajstić information content (AvgIpc) is 2.25. The molecule has 3 nitrogen and oxygen atoms in total. The second-order valence-electron chi connectivity index (χ2n) is 4.36. The van der Waals surface area contributed by atoms with Crippen LogP contribution in [-0.4, -0.2) is 30.5 Å². The maximum Gasteiger partial charge on any atom is 0.0845 e. The number of halogens is 1. The maximum absolute atomic E-state index is 9.24. The van der Waals surface area contributed by atoms with Gasteiger partial charge in [0.1, 0.15) is 0 Å². The van der Waals surface area contributed by atoms with Gasteiger partial charge in [-0.2, -0.15) is 0 Å². The van der Waals surface area contributed by atoms with Gasteiger partial charge >= 0.3 is 0 Å². The molecule has 1 saturated heterocycles. The fraction of sp³-hybridized carbons (Fsp3) is 1.00. The van der Waals surface area contributed by atoms with Crippen LogP contribution < -0.4 is 0 Å². The molecule has 0 amide bonds. The lowest BCUT2D eigenvalue weighted by Crippen LogP contribution is -2.47. The number of hydrogen-bond donors (Lipinski definition) is 1. The molecule has 0 radical (unpaired) electrons. The highest BCUT2D eigenvalue weighted by molar-refractivity contribution is 14.2. The summed E-state index contributed by atoms with van der Waals surface area (Å²) < 4.78 is 11.3. The zero-order valence-corrected chi connectivity index (χ0v) is 12.6. The number of ether oxygens (including phenoxy) is 1. The molecule has 1 fully saturated rings. The first kappa shape index (κ1) is 14.1. The van der Waals surface area contributed by atoms with Crippen LogP contribution in [0.5, 0.6) is 0 Å². The van der Waals surface area contributed by atoms with Gasteiger partial charge in [0, 0.05) is 0 Å². The quantitative estimate of drug-likeness (QED) is 0.628. The van der Waals surface area contributed by atoms with Crippen molar-refractivity contribution in [1.29, 1.82) is 0 Å². The van der Waals surface area contributed by atoms with Crippen molar-refractivity contribution in [1.82, 2.24) is 0 Å². The normalized spacial score (nSPS) is 42.6. The van der Waals surface area contributed by atoms with E-state index in [0.717, 1.165) is 0 Å². The van der Waals surface area contributed by atoms with Crippen molar-refractivity contribution in [2.75, 3.05) is 13.2 Å². The van der Waals surface area contributed by atoms with E-state index in [4.69, 9.17) is 9.26 Å². The number of hydrogen-bond acceptors (Lipinski definition) is 3. The minimum Gasteiger partial charge on any atom is -0.394 e. The van der Waals surface area contributed by atoms with Gasteiger partial charge in [-0.3, -0.25) is 0 Å². The molecule has 0 spiro atoms. The monoisotopic (exact) mass is 346 g/mol. The first-order chi connectivity index (χ1) is 7.11. The predicted molar refractivity (Wildman–Crippen MR) is 71.5 cm³/mol. The van der Waals surface area contributed by atoms with Crippen LogP contribution in [-0.2, 0) is 9.26 Å². The van der Waals surface area contributed by atoms with Crippen molar-refractivity contribution in [2.24, 2.45) is 17.8 Å². The molecule has 0 saturated carbocycles. The molecule has 1 unspecified atom stereocenters. The first-order valence-corrected chi connectivity index (χ1v) is 9.37. The van der Waals surface area contributed by atoms with Gasteiger partial charge < -0.3 is 14.4 Å². The van der Waals surface area contributed by atoms with E-state index in [9.17, 15) is 5.11 Å². The molecule has 1 N–H and O–H groups in total. The molecule has 0 aromatic rings. The van der Waals surface area contributed by atoms with Crippen molar-refractivity contribution in [3.05, 3.63) is 0 Å². The van der Waals surface area contributed by atoms with E-state index in [1.54, 1.807) is 0 Å². The molecule has 6 atom stereocenters. The standard InChI is InChI=1S/C10H20IO3P/c1-6-7(2)9(4-12)14-10(8(6)3)5-13-15-11/h6-10,12,15H,4-5H2,1-3H3/t6-,7-,8-,9+,10-/m1/s1. The predicted octanol–water partition coefficient (Wildman–Crippen LogP) is 2.61. The summed E-state index contributed by atoms with van der Waals surface area (Å²) in [4.78, 5) is 0. The van der Waals surface area contributed by atoms with Crippen LogP contribution in [0.1, 0.15) is 20.8 Å². The molecule has 1 aliphatic rings. The largest absolute Gasteiger partial charge is 0.394 e. The summed E-state index contributed by atoms with van der Waals surface area (Å²) in [5.41, 5.74) is 0. The summed E-state index contributed by atoms with van der Waals surface area (Å²) in [6, 6.07) is 0. The summed E-state index contributed by atoms with van der Waals surface area (Å²) in [5.74, 6) is 1.49. The number of rotatable bonds is 4. The Bertz CT molecular complexity index is 192. The molecule has 0 bridgehead atoms. The van der Waals surface area contributed by atoms with Gasteiger partial charge in [0.2, 0.25) is 0 Å². The van der Waals surface area contributed by atoms with Gasteiger partial charge in [0.05, 0.1) is 31.9 Å². The zero-order valence-electron chi connectivity index (χ0n) is 9.44. The Morgan fingerprint density at radius 3 is 2.33 bits per heavy atom. The van der Waals surface area contributed by atoms with Crippen LogP contribution in [0.15, 0.2) is 0 Å². The zero-order chi connectivity index (χ0) is 11.4. The molecular formula is C10H20IO3P. The summed E-state index contributed by atoms with van der Waals surface area (Å²) in [7, 11) is 0. The minimum atomic E-state index is -0.0256. The Balaban J connectivity index is 2.57. The van der Waals surface area contributed by atoms with Crippen LogP contribution in [0.3, 0.4) is 0 Å². The highest BCUT2D eigenvalue weighted by atomic mass is 127. The summed E-state index contributed by atoms with van der Waals surface area (Å²) >= 11 is 2.22. The van der Waals surface area contributed by atoms with Crippen LogP contribution in [0.2, 0.25) is 0 Å². The molecular weight excluding hydrogens is 326 g/mol. The van der Waals surface area contributed by atoms with Crippen molar-refractivity contribution in [3.8, 4) is 0 Å². The highest BCUT2D eigenvalue weighted by Gasteiger charge is 2.38. The molecule has 1 rings (SSSR count). The Hall–Kier alpha value is 1.04. The third-order valence-corrected chi connectivity index (χ3v) is 4.87. The number of aliphatic hydroxyl groups is 1. The molecule has 5 heteroatoms. The Morgan fingerprint density at radius 1 is 1.20 bits per heavy atom. The van der Waals surface area contributed by atoms with Crippen molar-refractivity contribution < 1.29 is 14.4 Å². The van der Waals surface area contributed by atoms with Gasteiger partial charge in [-0.1, -0.05) is 20.8 Å². The molecule has 0 aromatic carbocycles. The molecule has 1 aliphatic heterocycles. The lowest BCUT2D eigenvalue weighted by atomic mass is 9.77. The lowest BCUT2D eigenvalue weighted by Gasteiger charge is -2.43. The summed E-state index contributed by atoms with van der Waals surface area (Å²) in [5, 5.41) is 9.24. The Kier molecular flexibility index (Phi) is 6.30. The van der Waals surface area contributed by atoms with E-state index in [0.29, 0.717) is 30.8 Å². The second kappa shape index (κ2) is 6.70. The Morgan fingerprint density at radius 2 is 1.80 bits per heavy atom. The van der Waals surface area contributed by atoms with Gasteiger partial charge in [-0.15, -0.1) is 0 Å². The third-order valence-electron chi connectivity index (χ3n) is 3.66. The van der Waals surface area contributed by atoms with Crippen LogP contribution in [0.25, 0.3) is 0 Å². The smallest absolute Gasteiger partial charge is 0.0845 e. The van der Waals surface area contributed by atoms with Crippen LogP contribution >= 0.6 is 28.5 Å². The average molecular weight is 346 g/mol. The van der Waals surface area contributed by atoms with Gasteiger partial charge in [-0.25, -0.2) is 0 Å². The first-order valence-electron chi connectivity index (χ1n) is 5.35. The highest BCUT2D eigenvalue weighted by Crippen LogP contribution is 2.36. The summed E-state index contributed by atoms with van der Waals surface area (Å²) in [6.45, 7) is 7.83. The van der Waals surface area contributed by atoms with Crippen molar-refractivity contribution >= 4 is 28.5 Å². The van der Waals surface area contributed by atoms with Gasteiger partial charge in [0.15, 0.2) is 0 Å². The van der Waals surface area contributed by atoms with E-state index < -0.39 is 0 Å². The van der Waals surface area contributed by atoms with E-state index in [1.165, 1.54) is 0 Å². The SMILES string of the molecule is C[C@@H]1[C@@H](C)[C@H](CO)O[C@H](COPI)[C@@H]1C. The topological polar surface area (TPSA) is 38.7 Å². The maximum atomic E-state index is 9.24. The molecule has 15 heavy (non-hydrogen) atoms. The molecule has 90 valence electrons. The summed E-state index contributed by atoms with van der Waals surface area (Å²) in [6.07, 6.45) is 0.109. The van der Waals surface area contributed by atoms with E-state index in [2.05, 4.69) is 42.8 Å². The van der Waals surface area contributed by atoms with Crippen molar-refractivity contribution in [3.63, 3.8) is 0 Å². The van der Waals surface area contributed by atoms with Gasteiger partial charge in [-0.05, 0) is 39.8 Å².